The van der Waals surface area contributed by atoms with Crippen LogP contribution in [-0.4, -0.2) is 70.5 Å². The molecule has 1 aliphatic heterocycles. The fourth-order valence-corrected chi connectivity index (χ4v) is 5.72. The number of aromatic nitrogens is 4. The zero-order valence-corrected chi connectivity index (χ0v) is 27.3. The van der Waals surface area contributed by atoms with Gasteiger partial charge in [0.25, 0.3) is 0 Å². The number of carbonyl (C=O) groups is 1. The van der Waals surface area contributed by atoms with Gasteiger partial charge in [0.1, 0.15) is 23.7 Å². The number of rotatable bonds is 10. The summed E-state index contributed by atoms with van der Waals surface area (Å²) < 4.78 is 60.1. The Balaban J connectivity index is 1.34. The molecule has 1 fully saturated rings. The SMILES string of the molecule is COc1ccc(CN(Cc2ccc(OC)cc2)c2nc(N3CCN(C(=O)OCc4ccccc4)CC3C)nc3c(C(F)(F)F)cnn23)cc1. The molecule has 3 aromatic carbocycles. The molecule has 49 heavy (non-hydrogen) atoms. The van der Waals surface area contributed by atoms with Crippen LogP contribution in [0.4, 0.5) is 29.9 Å². The molecular weight excluding hydrogens is 639 g/mol. The molecule has 6 rings (SSSR count). The molecule has 0 spiro atoms. The largest absolute Gasteiger partial charge is 0.497 e. The first-order valence-electron chi connectivity index (χ1n) is 15.7. The maximum atomic E-state index is 14.3. The number of amides is 1. The van der Waals surface area contributed by atoms with Gasteiger partial charge in [0.15, 0.2) is 5.65 Å². The number of methoxy groups -OCH3 is 2. The molecule has 1 atom stereocenters. The van der Waals surface area contributed by atoms with Gasteiger partial charge in [0.05, 0.1) is 20.4 Å². The average Bonchev–Trinajstić information content (AvgIpc) is 3.56. The molecule has 0 radical (unpaired) electrons. The number of anilines is 2. The first kappa shape index (κ1) is 33.4. The van der Waals surface area contributed by atoms with E-state index in [-0.39, 0.29) is 49.8 Å². The monoisotopic (exact) mass is 675 g/mol. The lowest BCUT2D eigenvalue weighted by molar-refractivity contribution is -0.136. The van der Waals surface area contributed by atoms with Crippen molar-refractivity contribution in [2.75, 3.05) is 43.7 Å². The molecule has 0 aliphatic carbocycles. The third-order valence-electron chi connectivity index (χ3n) is 8.34. The second kappa shape index (κ2) is 14.3. The molecule has 5 aromatic rings. The van der Waals surface area contributed by atoms with Crippen LogP contribution in [0.1, 0.15) is 29.2 Å². The van der Waals surface area contributed by atoms with E-state index >= 15 is 0 Å². The summed E-state index contributed by atoms with van der Waals surface area (Å²) in [7, 11) is 3.16. The summed E-state index contributed by atoms with van der Waals surface area (Å²) in [6.07, 6.45) is -4.39. The number of nitrogens with zero attached hydrogens (tertiary/aromatic N) is 7. The lowest BCUT2D eigenvalue weighted by atomic mass is 10.1. The van der Waals surface area contributed by atoms with E-state index in [2.05, 4.69) is 10.1 Å². The number of piperazine rings is 1. The Morgan fingerprint density at radius 2 is 1.47 bits per heavy atom. The van der Waals surface area contributed by atoms with E-state index in [1.807, 2.05) is 95.6 Å². The van der Waals surface area contributed by atoms with Gasteiger partial charge in [-0.05, 0) is 47.9 Å². The van der Waals surface area contributed by atoms with Gasteiger partial charge in [0, 0.05) is 38.8 Å². The summed E-state index contributed by atoms with van der Waals surface area (Å²) in [5.41, 5.74) is 1.29. The van der Waals surface area contributed by atoms with Crippen molar-refractivity contribution in [3.05, 3.63) is 107 Å². The van der Waals surface area contributed by atoms with Crippen LogP contribution in [0.5, 0.6) is 11.5 Å². The van der Waals surface area contributed by atoms with Crippen LogP contribution in [0, 0.1) is 0 Å². The lowest BCUT2D eigenvalue weighted by Gasteiger charge is -2.39. The van der Waals surface area contributed by atoms with Gasteiger partial charge in [-0.3, -0.25) is 0 Å². The van der Waals surface area contributed by atoms with Crippen LogP contribution in [0.15, 0.2) is 85.1 Å². The number of alkyl halides is 3. The predicted octanol–water partition coefficient (Wildman–Crippen LogP) is 6.21. The number of hydrogen-bond acceptors (Lipinski definition) is 9. The number of ether oxygens (including phenoxy) is 3. The number of halogens is 3. The topological polar surface area (TPSA) is 97.6 Å². The van der Waals surface area contributed by atoms with Crippen molar-refractivity contribution in [1.82, 2.24) is 24.5 Å². The first-order valence-corrected chi connectivity index (χ1v) is 15.7. The average molecular weight is 676 g/mol. The molecule has 0 bridgehead atoms. The molecule has 3 heterocycles. The van der Waals surface area contributed by atoms with Crippen molar-refractivity contribution < 1.29 is 32.2 Å². The van der Waals surface area contributed by atoms with Gasteiger partial charge < -0.3 is 28.9 Å². The zero-order valence-electron chi connectivity index (χ0n) is 27.3. The standard InChI is InChI=1S/C35H36F3N7O4/c1-24-20-42(34(46)49-23-27-7-5-4-6-8-27)17-18-44(24)32-40-31-30(35(36,37)38)19-39-45(31)33(41-32)43(21-25-9-13-28(47-2)14-10-25)22-26-11-15-29(48-3)16-12-26/h4-16,19,24H,17-18,20-23H2,1-3H3. The van der Waals surface area contributed by atoms with Gasteiger partial charge in [-0.1, -0.05) is 54.6 Å². The van der Waals surface area contributed by atoms with Crippen LogP contribution in [0.2, 0.25) is 0 Å². The Hall–Kier alpha value is -5.53. The van der Waals surface area contributed by atoms with Crippen LogP contribution >= 0.6 is 0 Å². The highest BCUT2D eigenvalue weighted by molar-refractivity contribution is 5.68. The summed E-state index contributed by atoms with van der Waals surface area (Å²) in [6.45, 7) is 3.41. The minimum atomic E-state index is -4.70. The highest BCUT2D eigenvalue weighted by atomic mass is 19.4. The Labute approximate surface area is 281 Å². The number of hydrogen-bond donors (Lipinski definition) is 0. The Bertz CT molecular complexity index is 1820. The fraction of sp³-hybridized carbons (Fsp3) is 0.314. The van der Waals surface area contributed by atoms with Crippen LogP contribution in [0.25, 0.3) is 5.65 Å². The first-order chi connectivity index (χ1) is 23.6. The van der Waals surface area contributed by atoms with Crippen LogP contribution in [-0.2, 0) is 30.6 Å². The summed E-state index contributed by atoms with van der Waals surface area (Å²) in [5.74, 6) is 1.64. The van der Waals surface area contributed by atoms with Gasteiger partial charge in [-0.15, -0.1) is 0 Å². The maximum Gasteiger partial charge on any atom is 0.421 e. The van der Waals surface area contributed by atoms with Crippen molar-refractivity contribution in [3.63, 3.8) is 0 Å². The third kappa shape index (κ3) is 7.63. The van der Waals surface area contributed by atoms with Gasteiger partial charge >= 0.3 is 12.3 Å². The number of carbonyl (C=O) groups excluding carboxylic acids is 1. The molecule has 1 saturated heterocycles. The molecule has 0 N–H and O–H groups in total. The quantitative estimate of drug-likeness (QED) is 0.171. The van der Waals surface area contributed by atoms with Crippen molar-refractivity contribution in [1.29, 1.82) is 0 Å². The Kier molecular flexibility index (Phi) is 9.74. The van der Waals surface area contributed by atoms with Crippen molar-refractivity contribution >= 4 is 23.6 Å². The molecule has 1 unspecified atom stereocenters. The summed E-state index contributed by atoms with van der Waals surface area (Å²) in [5, 5.41) is 4.13. The zero-order chi connectivity index (χ0) is 34.5. The van der Waals surface area contributed by atoms with E-state index in [1.54, 1.807) is 19.1 Å². The molecule has 11 nitrogen and oxygen atoms in total. The number of fused-ring (bicyclic) bond motifs is 1. The molecule has 2 aromatic heterocycles. The lowest BCUT2D eigenvalue weighted by Crippen LogP contribution is -2.54. The fourth-order valence-electron chi connectivity index (χ4n) is 5.72. The molecular formula is C35H36F3N7O4. The molecule has 1 amide bonds. The van der Waals surface area contributed by atoms with Gasteiger partial charge in [-0.25, -0.2) is 4.79 Å². The number of benzene rings is 3. The summed E-state index contributed by atoms with van der Waals surface area (Å²) in [4.78, 5) is 27.5. The van der Waals surface area contributed by atoms with E-state index in [9.17, 15) is 18.0 Å². The molecule has 1 aliphatic rings. The highest BCUT2D eigenvalue weighted by Crippen LogP contribution is 2.34. The molecule has 256 valence electrons. The molecule has 14 heteroatoms. The van der Waals surface area contributed by atoms with Crippen molar-refractivity contribution in [3.8, 4) is 11.5 Å². The van der Waals surface area contributed by atoms with Gasteiger partial charge in [0.2, 0.25) is 11.9 Å². The van der Waals surface area contributed by atoms with E-state index in [0.29, 0.717) is 24.6 Å². The van der Waals surface area contributed by atoms with E-state index in [0.717, 1.165) is 27.4 Å². The summed E-state index contributed by atoms with van der Waals surface area (Å²) in [6, 6.07) is 23.9. The van der Waals surface area contributed by atoms with Gasteiger partial charge in [-0.2, -0.15) is 32.8 Å². The second-order valence-electron chi connectivity index (χ2n) is 11.7. The third-order valence-corrected chi connectivity index (χ3v) is 8.34. The highest BCUT2D eigenvalue weighted by Gasteiger charge is 2.38. The van der Waals surface area contributed by atoms with E-state index in [1.165, 1.54) is 0 Å². The van der Waals surface area contributed by atoms with Crippen LogP contribution < -0.4 is 19.3 Å². The van der Waals surface area contributed by atoms with E-state index in [4.69, 9.17) is 19.2 Å². The smallest absolute Gasteiger partial charge is 0.421 e. The Morgan fingerprint density at radius 1 is 0.857 bits per heavy atom. The molecule has 0 saturated carbocycles. The minimum Gasteiger partial charge on any atom is -0.497 e. The van der Waals surface area contributed by atoms with E-state index < -0.39 is 17.8 Å². The van der Waals surface area contributed by atoms with Crippen LogP contribution in [0.3, 0.4) is 0 Å². The normalized spacial score (nSPS) is 14.9. The minimum absolute atomic E-state index is 0.104. The summed E-state index contributed by atoms with van der Waals surface area (Å²) >= 11 is 0. The van der Waals surface area contributed by atoms with Crippen molar-refractivity contribution in [2.45, 2.75) is 38.8 Å². The van der Waals surface area contributed by atoms with Crippen molar-refractivity contribution in [2.24, 2.45) is 0 Å². The predicted molar refractivity (Wildman–Crippen MR) is 177 cm³/mol. The second-order valence-corrected chi connectivity index (χ2v) is 11.7. The maximum absolute atomic E-state index is 14.3. The Morgan fingerprint density at radius 3 is 2.02 bits per heavy atom.